The van der Waals surface area contributed by atoms with Crippen LogP contribution < -0.4 is 10.0 Å². The highest BCUT2D eigenvalue weighted by atomic mass is 32.2. The lowest BCUT2D eigenvalue weighted by Gasteiger charge is -2.19. The maximum Gasteiger partial charge on any atom is 0.255 e. The van der Waals surface area contributed by atoms with E-state index in [1.165, 1.54) is 12.3 Å². The molecule has 3 aromatic rings. The van der Waals surface area contributed by atoms with Gasteiger partial charge in [0.05, 0.1) is 5.75 Å². The zero-order valence-corrected chi connectivity index (χ0v) is 19.9. The molecule has 0 aliphatic rings. The third-order valence-corrected chi connectivity index (χ3v) is 6.46. The summed E-state index contributed by atoms with van der Waals surface area (Å²) in [7, 11) is -3.69. The number of hydrogen-bond donors (Lipinski definition) is 2. The maximum absolute atomic E-state index is 12.6. The van der Waals surface area contributed by atoms with Crippen molar-refractivity contribution in [1.82, 2.24) is 4.98 Å². The van der Waals surface area contributed by atoms with E-state index >= 15 is 0 Å². The molecule has 0 atom stereocenters. The second-order valence-electron chi connectivity index (χ2n) is 8.99. The molecule has 7 heteroatoms. The van der Waals surface area contributed by atoms with Gasteiger partial charge in [0, 0.05) is 17.4 Å². The van der Waals surface area contributed by atoms with E-state index in [0.717, 1.165) is 16.7 Å². The normalized spacial score (nSPS) is 11.8. The third kappa shape index (κ3) is 6.17. The minimum Gasteiger partial charge on any atom is -0.322 e. The van der Waals surface area contributed by atoms with Gasteiger partial charge in [-0.1, -0.05) is 51.1 Å². The predicted octanol–water partition coefficient (Wildman–Crippen LogP) is 5.19. The lowest BCUT2D eigenvalue weighted by Crippen LogP contribution is -2.18. The summed E-state index contributed by atoms with van der Waals surface area (Å²) in [5, 5.41) is 2.83. The Morgan fingerprint density at radius 1 is 0.938 bits per heavy atom. The molecule has 0 saturated heterocycles. The number of carbonyl (C=O) groups excluding carboxylic acids is 1. The van der Waals surface area contributed by atoms with Gasteiger partial charge in [-0.05, 0) is 65.8 Å². The zero-order valence-electron chi connectivity index (χ0n) is 19.1. The fourth-order valence-electron chi connectivity index (χ4n) is 3.17. The quantitative estimate of drug-likeness (QED) is 0.540. The van der Waals surface area contributed by atoms with Gasteiger partial charge in [-0.2, -0.15) is 0 Å². The van der Waals surface area contributed by atoms with Gasteiger partial charge in [-0.25, -0.2) is 13.4 Å². The number of nitrogens with one attached hydrogen (secondary N) is 2. The van der Waals surface area contributed by atoms with Crippen LogP contribution in [0, 0.1) is 13.8 Å². The van der Waals surface area contributed by atoms with Crippen molar-refractivity contribution in [2.45, 2.75) is 45.8 Å². The highest BCUT2D eigenvalue weighted by molar-refractivity contribution is 7.91. The molecular formula is C25H29N3O3S. The number of aryl methyl sites for hydroxylation is 2. The first-order valence-corrected chi connectivity index (χ1v) is 12.0. The highest BCUT2D eigenvalue weighted by Gasteiger charge is 2.17. The van der Waals surface area contributed by atoms with Gasteiger partial charge >= 0.3 is 0 Å². The van der Waals surface area contributed by atoms with Gasteiger partial charge in [0.2, 0.25) is 10.0 Å². The van der Waals surface area contributed by atoms with Gasteiger partial charge in [0.1, 0.15) is 5.82 Å². The molecule has 0 saturated carbocycles. The molecule has 0 spiro atoms. The van der Waals surface area contributed by atoms with Crippen molar-refractivity contribution in [3.63, 3.8) is 0 Å². The largest absolute Gasteiger partial charge is 0.322 e. The smallest absolute Gasteiger partial charge is 0.255 e. The number of rotatable bonds is 6. The fourth-order valence-corrected chi connectivity index (χ4v) is 4.30. The molecule has 1 aromatic heterocycles. The maximum atomic E-state index is 12.6. The van der Waals surface area contributed by atoms with Gasteiger partial charge in [0.25, 0.3) is 5.91 Å². The van der Waals surface area contributed by atoms with Gasteiger partial charge in [-0.15, -0.1) is 0 Å². The summed E-state index contributed by atoms with van der Waals surface area (Å²) in [4.78, 5) is 16.7. The summed E-state index contributed by atoms with van der Waals surface area (Å²) in [6, 6.07) is 16.2. The molecule has 1 amide bonds. The number of aromatic nitrogens is 1. The van der Waals surface area contributed by atoms with E-state index in [2.05, 4.69) is 35.8 Å². The van der Waals surface area contributed by atoms with Crippen LogP contribution in [0.5, 0.6) is 0 Å². The number of pyridine rings is 1. The van der Waals surface area contributed by atoms with Crippen LogP contribution in [0.4, 0.5) is 11.5 Å². The van der Waals surface area contributed by atoms with Crippen LogP contribution in [-0.4, -0.2) is 19.3 Å². The van der Waals surface area contributed by atoms with E-state index < -0.39 is 10.0 Å². The molecule has 6 nitrogen and oxygen atoms in total. The number of benzene rings is 2. The summed E-state index contributed by atoms with van der Waals surface area (Å²) in [5.41, 5.74) is 5.00. The van der Waals surface area contributed by atoms with Crippen molar-refractivity contribution >= 4 is 27.4 Å². The average Bonchev–Trinajstić information content (AvgIpc) is 2.70. The van der Waals surface area contributed by atoms with E-state index in [1.807, 2.05) is 56.3 Å². The predicted molar refractivity (Wildman–Crippen MR) is 129 cm³/mol. The number of sulfonamides is 1. The Bertz CT molecular complexity index is 1230. The lowest BCUT2D eigenvalue weighted by molar-refractivity contribution is 0.102. The minimum absolute atomic E-state index is 0.00212. The van der Waals surface area contributed by atoms with Crippen LogP contribution in [-0.2, 0) is 21.2 Å². The first-order chi connectivity index (χ1) is 14.9. The van der Waals surface area contributed by atoms with Gasteiger partial charge < -0.3 is 5.32 Å². The molecule has 0 fully saturated rings. The van der Waals surface area contributed by atoms with Crippen molar-refractivity contribution in [2.75, 3.05) is 10.0 Å². The van der Waals surface area contributed by atoms with E-state index in [4.69, 9.17) is 0 Å². The molecular weight excluding hydrogens is 422 g/mol. The molecule has 32 heavy (non-hydrogen) atoms. The van der Waals surface area contributed by atoms with E-state index in [9.17, 15) is 13.2 Å². The molecule has 2 aromatic carbocycles. The first kappa shape index (κ1) is 23.5. The molecule has 0 aliphatic heterocycles. The molecule has 3 rings (SSSR count). The molecule has 1 heterocycles. The van der Waals surface area contributed by atoms with Gasteiger partial charge in [0.15, 0.2) is 0 Å². The van der Waals surface area contributed by atoms with Crippen molar-refractivity contribution < 1.29 is 13.2 Å². The Morgan fingerprint density at radius 2 is 1.62 bits per heavy atom. The topological polar surface area (TPSA) is 88.2 Å². The fraction of sp³-hybridized carbons (Fsp3) is 0.280. The summed E-state index contributed by atoms with van der Waals surface area (Å²) in [6.07, 6.45) is 1.41. The number of anilines is 2. The zero-order chi connectivity index (χ0) is 23.5. The Morgan fingerprint density at radius 3 is 2.25 bits per heavy atom. The standard InChI is InChI=1S/C25H29N3O3S/c1-17-6-11-22(14-18(17)2)27-24(29)20-12-13-26-23(15-20)28-32(30,31)16-19-7-9-21(10-8-19)25(3,4)5/h6-15H,16H2,1-5H3,(H,26,28)(H,27,29). The van der Waals surface area contributed by atoms with Crippen molar-refractivity contribution in [3.8, 4) is 0 Å². The Hall–Kier alpha value is -3.19. The molecule has 168 valence electrons. The van der Waals surface area contributed by atoms with Gasteiger partial charge in [-0.3, -0.25) is 9.52 Å². The second-order valence-corrected chi connectivity index (χ2v) is 10.7. The molecule has 0 radical (unpaired) electrons. The van der Waals surface area contributed by atoms with Crippen LogP contribution in [0.3, 0.4) is 0 Å². The summed E-state index contributed by atoms with van der Waals surface area (Å²) >= 11 is 0. The minimum atomic E-state index is -3.69. The average molecular weight is 452 g/mol. The summed E-state index contributed by atoms with van der Waals surface area (Å²) in [6.45, 7) is 10.3. The van der Waals surface area contributed by atoms with Crippen molar-refractivity contribution in [3.05, 3.63) is 88.6 Å². The molecule has 0 unspecified atom stereocenters. The van der Waals surface area contributed by atoms with E-state index in [1.54, 1.807) is 6.07 Å². The Labute approximate surface area is 190 Å². The molecule has 2 N–H and O–H groups in total. The van der Waals surface area contributed by atoms with Crippen LogP contribution in [0.1, 0.15) is 53.4 Å². The highest BCUT2D eigenvalue weighted by Crippen LogP contribution is 2.23. The number of nitrogens with zero attached hydrogens (tertiary/aromatic N) is 1. The SMILES string of the molecule is Cc1ccc(NC(=O)c2ccnc(NS(=O)(=O)Cc3ccc(C(C)(C)C)cc3)c2)cc1C. The molecule has 0 aliphatic carbocycles. The van der Waals surface area contributed by atoms with E-state index in [-0.39, 0.29) is 22.9 Å². The van der Waals surface area contributed by atoms with E-state index in [0.29, 0.717) is 16.8 Å². The summed E-state index contributed by atoms with van der Waals surface area (Å²) < 4.78 is 27.8. The first-order valence-electron chi connectivity index (χ1n) is 10.4. The third-order valence-electron chi connectivity index (χ3n) is 5.22. The summed E-state index contributed by atoms with van der Waals surface area (Å²) in [5.74, 6) is -0.420. The number of hydrogen-bond acceptors (Lipinski definition) is 4. The number of carbonyl (C=O) groups is 1. The lowest BCUT2D eigenvalue weighted by atomic mass is 9.87. The number of amides is 1. The van der Waals surface area contributed by atoms with Crippen LogP contribution in [0.2, 0.25) is 0 Å². The van der Waals surface area contributed by atoms with Crippen LogP contribution >= 0.6 is 0 Å². The van der Waals surface area contributed by atoms with Crippen molar-refractivity contribution in [1.29, 1.82) is 0 Å². The molecule has 0 bridgehead atoms. The Kier molecular flexibility index (Phi) is 6.69. The second kappa shape index (κ2) is 9.12. The monoisotopic (exact) mass is 451 g/mol. The van der Waals surface area contributed by atoms with Crippen molar-refractivity contribution in [2.24, 2.45) is 0 Å². The van der Waals surface area contributed by atoms with Crippen LogP contribution in [0.25, 0.3) is 0 Å². The van der Waals surface area contributed by atoms with Crippen LogP contribution in [0.15, 0.2) is 60.8 Å². The Balaban J connectivity index is 1.70.